The first-order valence-electron chi connectivity index (χ1n) is 12.0. The average Bonchev–Trinajstić information content (AvgIpc) is 3.45. The summed E-state index contributed by atoms with van der Waals surface area (Å²) in [5.74, 6) is -2.83. The molecule has 0 spiro atoms. The summed E-state index contributed by atoms with van der Waals surface area (Å²) >= 11 is 0.938. The number of hydrogen-bond donors (Lipinski definition) is 3. The van der Waals surface area contributed by atoms with Crippen molar-refractivity contribution in [1.82, 2.24) is 30.8 Å². The Morgan fingerprint density at radius 3 is 2.34 bits per heavy atom. The summed E-state index contributed by atoms with van der Waals surface area (Å²) in [6.45, 7) is 5.22. The minimum absolute atomic E-state index is 0.323. The molecule has 0 saturated heterocycles. The topological polar surface area (TPSA) is 156 Å². The zero-order valence-electron chi connectivity index (χ0n) is 21.3. The average molecular weight is 539 g/mol. The third-order valence-corrected chi connectivity index (χ3v) is 6.87. The van der Waals surface area contributed by atoms with Crippen LogP contribution in [0.4, 0.5) is 0 Å². The van der Waals surface area contributed by atoms with Crippen molar-refractivity contribution in [1.29, 1.82) is 0 Å². The van der Waals surface area contributed by atoms with E-state index in [9.17, 15) is 24.3 Å². The van der Waals surface area contributed by atoms with Gasteiger partial charge in [-0.05, 0) is 46.5 Å². The molecule has 200 valence electrons. The Morgan fingerprint density at radius 1 is 0.974 bits per heavy atom. The van der Waals surface area contributed by atoms with Gasteiger partial charge in [0, 0.05) is 5.75 Å². The highest BCUT2D eigenvalue weighted by Gasteiger charge is 2.31. The smallest absolute Gasteiger partial charge is 0.305 e. The number of carbonyl (C=O) groups excluding carboxylic acids is 3. The Balaban J connectivity index is 1.67. The standard InChI is InChI=1S/C26H30N6O5S/c1-16(2)23(29-24(35)17(3)19-10-7-11-20(12-19)32-15-27-30-31-32)25(36)28-21(13-22(33)34)26(37)38-14-18-8-5-4-6-9-18/h4-12,15-17,21,23H,13-14H2,1-3H3,(H,28,36)(H,29,35)(H,33,34)/t17?,21-,23-/m0/s1. The number of hydrogen-bond acceptors (Lipinski definition) is 8. The fourth-order valence-corrected chi connectivity index (χ4v) is 4.48. The van der Waals surface area contributed by atoms with Crippen molar-refractivity contribution in [3.8, 4) is 5.69 Å². The van der Waals surface area contributed by atoms with Crippen LogP contribution in [0.3, 0.4) is 0 Å². The van der Waals surface area contributed by atoms with E-state index in [-0.39, 0.29) is 5.92 Å². The van der Waals surface area contributed by atoms with E-state index in [0.29, 0.717) is 17.0 Å². The molecular formula is C26H30N6O5S. The maximum Gasteiger partial charge on any atom is 0.305 e. The minimum Gasteiger partial charge on any atom is -0.481 e. The van der Waals surface area contributed by atoms with Gasteiger partial charge >= 0.3 is 5.97 Å². The van der Waals surface area contributed by atoms with Crippen molar-refractivity contribution in [3.05, 3.63) is 72.1 Å². The van der Waals surface area contributed by atoms with Crippen molar-refractivity contribution < 1.29 is 24.3 Å². The van der Waals surface area contributed by atoms with E-state index in [1.54, 1.807) is 45.0 Å². The van der Waals surface area contributed by atoms with Crippen LogP contribution in [0.15, 0.2) is 60.9 Å². The van der Waals surface area contributed by atoms with Gasteiger partial charge in [-0.25, -0.2) is 4.68 Å². The maximum absolute atomic E-state index is 13.2. The SMILES string of the molecule is CC(C(=O)N[C@H](C(=O)N[C@@H](CC(=O)O)C(=O)SCc1ccccc1)C(C)C)c1cccc(-n2cnnn2)c1. The van der Waals surface area contributed by atoms with E-state index in [4.69, 9.17) is 0 Å². The number of tetrazole rings is 1. The van der Waals surface area contributed by atoms with E-state index in [1.807, 2.05) is 30.3 Å². The summed E-state index contributed by atoms with van der Waals surface area (Å²) in [4.78, 5) is 50.5. The Kier molecular flexibility index (Phi) is 10.1. The summed E-state index contributed by atoms with van der Waals surface area (Å²) in [6.07, 6.45) is 0.876. The molecule has 1 unspecified atom stereocenters. The highest BCUT2D eigenvalue weighted by atomic mass is 32.2. The molecular weight excluding hydrogens is 508 g/mol. The molecule has 2 amide bonds. The molecule has 3 N–H and O–H groups in total. The van der Waals surface area contributed by atoms with Gasteiger partial charge in [0.1, 0.15) is 18.4 Å². The molecule has 2 aromatic carbocycles. The second-order valence-corrected chi connectivity index (χ2v) is 10.0. The van der Waals surface area contributed by atoms with Crippen LogP contribution >= 0.6 is 11.8 Å². The van der Waals surface area contributed by atoms with Crippen molar-refractivity contribution in [2.45, 2.75) is 50.9 Å². The number of aliphatic carboxylic acids is 1. The normalized spacial score (nSPS) is 13.4. The Morgan fingerprint density at radius 2 is 1.71 bits per heavy atom. The highest BCUT2D eigenvalue weighted by Crippen LogP contribution is 2.20. The predicted octanol–water partition coefficient (Wildman–Crippen LogP) is 2.33. The number of benzene rings is 2. The number of nitrogens with zero attached hydrogens (tertiary/aromatic N) is 4. The number of aromatic nitrogens is 4. The molecule has 0 aliphatic heterocycles. The van der Waals surface area contributed by atoms with Crippen molar-refractivity contribution >= 4 is 34.7 Å². The van der Waals surface area contributed by atoms with E-state index in [2.05, 4.69) is 26.2 Å². The van der Waals surface area contributed by atoms with Crippen LogP contribution in [-0.4, -0.2) is 60.3 Å². The van der Waals surface area contributed by atoms with Crippen molar-refractivity contribution in [3.63, 3.8) is 0 Å². The van der Waals surface area contributed by atoms with Crippen LogP contribution in [0.25, 0.3) is 5.69 Å². The molecule has 3 atom stereocenters. The van der Waals surface area contributed by atoms with Crippen LogP contribution in [-0.2, 0) is 24.9 Å². The molecule has 11 nitrogen and oxygen atoms in total. The molecule has 0 saturated carbocycles. The van der Waals surface area contributed by atoms with Gasteiger partial charge in [0.25, 0.3) is 0 Å². The van der Waals surface area contributed by atoms with E-state index in [0.717, 1.165) is 17.3 Å². The fourth-order valence-electron chi connectivity index (χ4n) is 3.64. The van der Waals surface area contributed by atoms with Crippen LogP contribution < -0.4 is 10.6 Å². The van der Waals surface area contributed by atoms with Crippen LogP contribution in [0, 0.1) is 5.92 Å². The summed E-state index contributed by atoms with van der Waals surface area (Å²) in [7, 11) is 0. The first-order chi connectivity index (χ1) is 18.2. The number of carboxylic acid groups (broad SMARTS) is 1. The number of carboxylic acids is 1. The molecule has 1 heterocycles. The second kappa shape index (κ2) is 13.5. The number of carbonyl (C=O) groups is 4. The number of nitrogens with one attached hydrogen (secondary N) is 2. The van der Waals surface area contributed by atoms with Crippen LogP contribution in [0.5, 0.6) is 0 Å². The van der Waals surface area contributed by atoms with Gasteiger partial charge in [-0.2, -0.15) is 0 Å². The fraction of sp³-hybridized carbons (Fsp3) is 0.346. The van der Waals surface area contributed by atoms with Crippen molar-refractivity contribution in [2.24, 2.45) is 5.92 Å². The van der Waals surface area contributed by atoms with Gasteiger partial charge in [-0.1, -0.05) is 68.1 Å². The van der Waals surface area contributed by atoms with Crippen LogP contribution in [0.1, 0.15) is 44.2 Å². The molecule has 3 rings (SSSR count). The maximum atomic E-state index is 13.2. The van der Waals surface area contributed by atoms with Gasteiger partial charge in [0.05, 0.1) is 18.0 Å². The lowest BCUT2D eigenvalue weighted by atomic mass is 9.97. The van der Waals surface area contributed by atoms with Crippen molar-refractivity contribution in [2.75, 3.05) is 0 Å². The second-order valence-electron chi connectivity index (χ2n) is 9.05. The first kappa shape index (κ1) is 28.5. The van der Waals surface area contributed by atoms with Gasteiger partial charge in [-0.3, -0.25) is 19.2 Å². The quantitative estimate of drug-likeness (QED) is 0.315. The molecule has 0 fully saturated rings. The van der Waals surface area contributed by atoms with Gasteiger partial charge in [0.2, 0.25) is 16.9 Å². The number of thioether (sulfide) groups is 1. The van der Waals surface area contributed by atoms with E-state index < -0.39 is 47.3 Å². The van der Waals surface area contributed by atoms with E-state index >= 15 is 0 Å². The lowest BCUT2D eigenvalue weighted by Gasteiger charge is -2.26. The number of amides is 2. The largest absolute Gasteiger partial charge is 0.481 e. The Labute approximate surface area is 224 Å². The third kappa shape index (κ3) is 7.97. The summed E-state index contributed by atoms with van der Waals surface area (Å²) < 4.78 is 1.47. The Bertz CT molecular complexity index is 1250. The summed E-state index contributed by atoms with van der Waals surface area (Å²) in [5.41, 5.74) is 2.26. The molecule has 38 heavy (non-hydrogen) atoms. The molecule has 1 aromatic heterocycles. The van der Waals surface area contributed by atoms with Gasteiger partial charge in [0.15, 0.2) is 0 Å². The summed E-state index contributed by atoms with van der Waals surface area (Å²) in [5, 5.41) is 25.2. The van der Waals surface area contributed by atoms with Gasteiger partial charge < -0.3 is 15.7 Å². The monoisotopic (exact) mass is 538 g/mol. The summed E-state index contributed by atoms with van der Waals surface area (Å²) in [6, 6.07) is 14.2. The lowest BCUT2D eigenvalue weighted by Crippen LogP contribution is -2.54. The third-order valence-electron chi connectivity index (χ3n) is 5.83. The molecule has 0 bridgehead atoms. The zero-order chi connectivity index (χ0) is 27.7. The highest BCUT2D eigenvalue weighted by molar-refractivity contribution is 8.13. The predicted molar refractivity (Wildman–Crippen MR) is 141 cm³/mol. The number of rotatable bonds is 12. The molecule has 0 aliphatic carbocycles. The zero-order valence-corrected chi connectivity index (χ0v) is 22.1. The van der Waals surface area contributed by atoms with E-state index in [1.165, 1.54) is 11.0 Å². The minimum atomic E-state index is -1.24. The first-order valence-corrected chi connectivity index (χ1v) is 13.0. The molecule has 12 heteroatoms. The Hall–Kier alpha value is -4.06. The molecule has 0 aliphatic rings. The van der Waals surface area contributed by atoms with Gasteiger partial charge in [-0.15, -0.1) is 5.10 Å². The van der Waals surface area contributed by atoms with Crippen LogP contribution in [0.2, 0.25) is 0 Å². The molecule has 0 radical (unpaired) electrons. The molecule has 3 aromatic rings. The lowest BCUT2D eigenvalue weighted by molar-refractivity contribution is -0.139.